The molecule has 0 spiro atoms. The third-order valence-electron chi connectivity index (χ3n) is 3.75. The van der Waals surface area contributed by atoms with Crippen LogP contribution < -0.4 is 0 Å². The number of hydrogen-bond donors (Lipinski definition) is 1. The molecule has 2 rings (SSSR count). The predicted octanol–water partition coefficient (Wildman–Crippen LogP) is 3.71. The highest BCUT2D eigenvalue weighted by molar-refractivity contribution is 9.10. The first-order valence-corrected chi connectivity index (χ1v) is 7.71. The average Bonchev–Trinajstić information content (AvgIpc) is 2.34. The van der Waals surface area contributed by atoms with Crippen molar-refractivity contribution in [2.75, 3.05) is 6.54 Å². The summed E-state index contributed by atoms with van der Waals surface area (Å²) in [5.41, 5.74) is 1.11. The Hall–Kier alpha value is -0.450. The van der Waals surface area contributed by atoms with E-state index in [4.69, 9.17) is 0 Å². The zero-order valence-corrected chi connectivity index (χ0v) is 12.9. The SMILES string of the molecule is CC(O)CC1CCCCN1Cc1ccc(F)cc1Br. The summed E-state index contributed by atoms with van der Waals surface area (Å²) in [6, 6.07) is 5.30. The lowest BCUT2D eigenvalue weighted by Crippen LogP contribution is -2.40. The second kappa shape index (κ2) is 6.82. The van der Waals surface area contributed by atoms with E-state index in [1.54, 1.807) is 0 Å². The summed E-state index contributed by atoms with van der Waals surface area (Å²) in [5, 5.41) is 9.59. The number of rotatable bonds is 4. The lowest BCUT2D eigenvalue weighted by Gasteiger charge is -2.36. The molecule has 1 aromatic carbocycles. The van der Waals surface area contributed by atoms with E-state index in [0.29, 0.717) is 6.04 Å². The fraction of sp³-hybridized carbons (Fsp3) is 0.600. The zero-order chi connectivity index (χ0) is 13.8. The molecule has 1 heterocycles. The van der Waals surface area contributed by atoms with Gasteiger partial charge in [-0.25, -0.2) is 4.39 Å². The lowest BCUT2D eigenvalue weighted by atomic mass is 9.96. The van der Waals surface area contributed by atoms with Crippen LogP contribution in [-0.4, -0.2) is 28.7 Å². The Labute approximate surface area is 122 Å². The maximum Gasteiger partial charge on any atom is 0.124 e. The van der Waals surface area contributed by atoms with Crippen molar-refractivity contribution >= 4 is 15.9 Å². The number of halogens is 2. The van der Waals surface area contributed by atoms with Crippen LogP contribution in [0, 0.1) is 5.82 Å². The van der Waals surface area contributed by atoms with Gasteiger partial charge >= 0.3 is 0 Å². The van der Waals surface area contributed by atoms with Crippen LogP contribution in [0.25, 0.3) is 0 Å². The maximum atomic E-state index is 13.1. The summed E-state index contributed by atoms with van der Waals surface area (Å²) in [6.45, 7) is 3.72. The van der Waals surface area contributed by atoms with Crippen LogP contribution in [0.2, 0.25) is 0 Å². The van der Waals surface area contributed by atoms with Gasteiger partial charge in [0.15, 0.2) is 0 Å². The Bertz CT molecular complexity index is 425. The van der Waals surface area contributed by atoms with Crippen LogP contribution >= 0.6 is 15.9 Å². The van der Waals surface area contributed by atoms with Crippen LogP contribution in [0.15, 0.2) is 22.7 Å². The summed E-state index contributed by atoms with van der Waals surface area (Å²) >= 11 is 3.43. The molecule has 0 saturated carbocycles. The topological polar surface area (TPSA) is 23.5 Å². The molecule has 19 heavy (non-hydrogen) atoms. The predicted molar refractivity (Wildman–Crippen MR) is 78.4 cm³/mol. The molecule has 1 fully saturated rings. The summed E-state index contributed by atoms with van der Waals surface area (Å²) in [4.78, 5) is 2.41. The van der Waals surface area contributed by atoms with Crippen molar-refractivity contribution in [3.05, 3.63) is 34.1 Å². The Morgan fingerprint density at radius 3 is 2.95 bits per heavy atom. The molecule has 2 atom stereocenters. The van der Waals surface area contributed by atoms with Crippen molar-refractivity contribution in [2.45, 2.75) is 51.3 Å². The van der Waals surface area contributed by atoms with Crippen LogP contribution in [-0.2, 0) is 6.54 Å². The highest BCUT2D eigenvalue weighted by Gasteiger charge is 2.24. The van der Waals surface area contributed by atoms with Crippen LogP contribution in [0.3, 0.4) is 0 Å². The van der Waals surface area contributed by atoms with Gasteiger partial charge in [0.1, 0.15) is 5.82 Å². The van der Waals surface area contributed by atoms with Gasteiger partial charge in [-0.2, -0.15) is 0 Å². The molecule has 0 radical (unpaired) electrons. The molecule has 1 aromatic rings. The minimum absolute atomic E-state index is 0.213. The third kappa shape index (κ3) is 4.26. The molecule has 106 valence electrons. The Balaban J connectivity index is 2.06. The quantitative estimate of drug-likeness (QED) is 0.910. The van der Waals surface area contributed by atoms with Gasteiger partial charge in [-0.15, -0.1) is 0 Å². The van der Waals surface area contributed by atoms with Crippen molar-refractivity contribution in [3.63, 3.8) is 0 Å². The molecule has 1 aliphatic rings. The normalized spacial score (nSPS) is 22.4. The fourth-order valence-electron chi connectivity index (χ4n) is 2.80. The van der Waals surface area contributed by atoms with E-state index >= 15 is 0 Å². The molecular formula is C15H21BrFNO. The van der Waals surface area contributed by atoms with E-state index in [1.165, 1.54) is 25.0 Å². The van der Waals surface area contributed by atoms with E-state index < -0.39 is 0 Å². The molecule has 1 N–H and O–H groups in total. The Morgan fingerprint density at radius 1 is 1.47 bits per heavy atom. The van der Waals surface area contributed by atoms with Crippen molar-refractivity contribution in [3.8, 4) is 0 Å². The molecule has 4 heteroatoms. The molecule has 0 amide bonds. The highest BCUT2D eigenvalue weighted by Crippen LogP contribution is 2.26. The van der Waals surface area contributed by atoms with Gasteiger partial charge in [-0.05, 0) is 50.4 Å². The van der Waals surface area contributed by atoms with Crippen LogP contribution in [0.5, 0.6) is 0 Å². The molecule has 2 nitrogen and oxygen atoms in total. The van der Waals surface area contributed by atoms with Crippen LogP contribution in [0.1, 0.15) is 38.2 Å². The van der Waals surface area contributed by atoms with Crippen molar-refractivity contribution in [2.24, 2.45) is 0 Å². The number of hydrogen-bond acceptors (Lipinski definition) is 2. The Morgan fingerprint density at radius 2 is 2.26 bits per heavy atom. The molecule has 0 aliphatic carbocycles. The minimum atomic E-state index is -0.262. The first kappa shape index (κ1) is 14.9. The Kier molecular flexibility index (Phi) is 5.37. The highest BCUT2D eigenvalue weighted by atomic mass is 79.9. The van der Waals surface area contributed by atoms with Crippen LogP contribution in [0.4, 0.5) is 4.39 Å². The summed E-state index contributed by atoms with van der Waals surface area (Å²) in [7, 11) is 0. The van der Waals surface area contributed by atoms with Crippen molar-refractivity contribution in [1.82, 2.24) is 4.90 Å². The van der Waals surface area contributed by atoms with Gasteiger partial charge in [-0.1, -0.05) is 28.4 Å². The number of piperidine rings is 1. The largest absolute Gasteiger partial charge is 0.393 e. The molecule has 1 saturated heterocycles. The molecule has 0 bridgehead atoms. The fourth-order valence-corrected chi connectivity index (χ4v) is 3.27. The second-order valence-corrected chi connectivity index (χ2v) is 6.29. The first-order chi connectivity index (χ1) is 9.06. The summed E-state index contributed by atoms with van der Waals surface area (Å²) in [5.74, 6) is -0.213. The number of aliphatic hydroxyl groups excluding tert-OH is 1. The van der Waals surface area contributed by atoms with E-state index in [1.807, 2.05) is 13.0 Å². The van der Waals surface area contributed by atoms with E-state index in [2.05, 4.69) is 20.8 Å². The first-order valence-electron chi connectivity index (χ1n) is 6.92. The number of benzene rings is 1. The number of nitrogens with zero attached hydrogens (tertiary/aromatic N) is 1. The van der Waals surface area contributed by atoms with Gasteiger partial charge in [0.05, 0.1) is 6.10 Å². The van der Waals surface area contributed by atoms with Crippen molar-refractivity contribution < 1.29 is 9.50 Å². The molecule has 2 unspecified atom stereocenters. The summed E-state index contributed by atoms with van der Waals surface area (Å²) < 4.78 is 13.9. The van der Waals surface area contributed by atoms with Gasteiger partial charge in [0.2, 0.25) is 0 Å². The minimum Gasteiger partial charge on any atom is -0.393 e. The number of aliphatic hydroxyl groups is 1. The zero-order valence-electron chi connectivity index (χ0n) is 11.3. The third-order valence-corrected chi connectivity index (χ3v) is 4.49. The standard InChI is InChI=1S/C15H21BrFNO/c1-11(19)8-14-4-2-3-7-18(14)10-12-5-6-13(17)9-15(12)16/h5-6,9,11,14,19H,2-4,7-8,10H2,1H3. The molecule has 1 aliphatic heterocycles. The van der Waals surface area contributed by atoms with Gasteiger partial charge in [-0.3, -0.25) is 4.90 Å². The molecular weight excluding hydrogens is 309 g/mol. The van der Waals surface area contributed by atoms with E-state index in [0.717, 1.165) is 36.0 Å². The monoisotopic (exact) mass is 329 g/mol. The second-order valence-electron chi connectivity index (χ2n) is 5.44. The lowest BCUT2D eigenvalue weighted by molar-refractivity contribution is 0.0816. The van der Waals surface area contributed by atoms with Crippen molar-refractivity contribution in [1.29, 1.82) is 0 Å². The maximum absolute atomic E-state index is 13.1. The van der Waals surface area contributed by atoms with Gasteiger partial charge < -0.3 is 5.11 Å². The van der Waals surface area contributed by atoms with E-state index in [-0.39, 0.29) is 11.9 Å². The van der Waals surface area contributed by atoms with Gasteiger partial charge in [0, 0.05) is 17.1 Å². The van der Waals surface area contributed by atoms with Gasteiger partial charge in [0.25, 0.3) is 0 Å². The van der Waals surface area contributed by atoms with E-state index in [9.17, 15) is 9.50 Å². The molecule has 0 aromatic heterocycles. The summed E-state index contributed by atoms with van der Waals surface area (Å²) in [6.07, 6.45) is 4.14. The smallest absolute Gasteiger partial charge is 0.124 e. The average molecular weight is 330 g/mol. The number of likely N-dealkylation sites (tertiary alicyclic amines) is 1.